The normalized spacial score (nSPS) is 16.2. The molecule has 1 aromatic carbocycles. The van der Waals surface area contributed by atoms with Gasteiger partial charge in [0, 0.05) is 32.6 Å². The Balaban J connectivity index is 1.83. The van der Waals surface area contributed by atoms with E-state index in [-0.39, 0.29) is 25.3 Å². The summed E-state index contributed by atoms with van der Waals surface area (Å²) in [6, 6.07) is 5.04. The molecule has 1 heterocycles. The second kappa shape index (κ2) is 7.65. The summed E-state index contributed by atoms with van der Waals surface area (Å²) in [5, 5.41) is 0. The van der Waals surface area contributed by atoms with Crippen molar-refractivity contribution >= 4 is 11.8 Å². The number of carbonyl (C=O) groups is 2. The van der Waals surface area contributed by atoms with E-state index < -0.39 is 17.6 Å². The van der Waals surface area contributed by atoms with Gasteiger partial charge in [-0.15, -0.1) is 0 Å². The molecule has 2 amide bonds. The third-order valence-electron chi connectivity index (χ3n) is 3.99. The quantitative estimate of drug-likeness (QED) is 0.875. The zero-order chi connectivity index (χ0) is 17.7. The van der Waals surface area contributed by atoms with Crippen molar-refractivity contribution in [2.24, 2.45) is 5.73 Å². The number of rotatable bonds is 5. The fraction of sp³-hybridized carbons (Fsp3) is 0.500. The topological polar surface area (TPSA) is 66.6 Å². The number of aryl methyl sites for hydroxylation is 1. The summed E-state index contributed by atoms with van der Waals surface area (Å²) in [4.78, 5) is 26.6. The van der Waals surface area contributed by atoms with Crippen molar-refractivity contribution < 1.29 is 22.8 Å². The first kappa shape index (κ1) is 18.3. The maximum absolute atomic E-state index is 12.7. The zero-order valence-corrected chi connectivity index (χ0v) is 13.2. The van der Waals surface area contributed by atoms with Gasteiger partial charge >= 0.3 is 6.18 Å². The number of halogens is 3. The van der Waals surface area contributed by atoms with Crippen molar-refractivity contribution in [2.45, 2.75) is 19.0 Å². The molecule has 132 valence electrons. The van der Waals surface area contributed by atoms with Gasteiger partial charge in [-0.25, -0.2) is 0 Å². The lowest BCUT2D eigenvalue weighted by molar-refractivity contribution is -0.137. The first-order valence-electron chi connectivity index (χ1n) is 7.70. The third kappa shape index (κ3) is 5.23. The molecule has 5 nitrogen and oxygen atoms in total. The largest absolute Gasteiger partial charge is 0.416 e. The van der Waals surface area contributed by atoms with Crippen molar-refractivity contribution in [2.75, 3.05) is 32.7 Å². The number of piperazine rings is 1. The Hall–Kier alpha value is -2.09. The summed E-state index contributed by atoms with van der Waals surface area (Å²) in [5.74, 6) is -0.495. The predicted octanol–water partition coefficient (Wildman–Crippen LogP) is 1.27. The highest BCUT2D eigenvalue weighted by Gasteiger charge is 2.30. The predicted molar refractivity (Wildman–Crippen MR) is 82.0 cm³/mol. The van der Waals surface area contributed by atoms with Crippen LogP contribution in [-0.2, 0) is 22.2 Å². The number of alkyl halides is 3. The van der Waals surface area contributed by atoms with E-state index in [1.165, 1.54) is 6.07 Å². The molecule has 0 bridgehead atoms. The van der Waals surface area contributed by atoms with Gasteiger partial charge in [0.2, 0.25) is 11.8 Å². The van der Waals surface area contributed by atoms with E-state index in [1.54, 1.807) is 11.0 Å². The SMILES string of the molecule is NC(=O)CN1CCN(C(=O)CCc2cccc(C(F)(F)F)c2)CC1. The van der Waals surface area contributed by atoms with Crippen molar-refractivity contribution in [1.29, 1.82) is 0 Å². The van der Waals surface area contributed by atoms with Crippen molar-refractivity contribution in [3.63, 3.8) is 0 Å². The van der Waals surface area contributed by atoms with Crippen LogP contribution in [0.4, 0.5) is 13.2 Å². The van der Waals surface area contributed by atoms with Crippen LogP contribution in [0.3, 0.4) is 0 Å². The number of nitrogens with two attached hydrogens (primary N) is 1. The van der Waals surface area contributed by atoms with Crippen LogP contribution >= 0.6 is 0 Å². The fourth-order valence-electron chi connectivity index (χ4n) is 2.69. The van der Waals surface area contributed by atoms with E-state index in [1.807, 2.05) is 4.90 Å². The van der Waals surface area contributed by atoms with Gasteiger partial charge in [-0.2, -0.15) is 13.2 Å². The molecule has 0 spiro atoms. The van der Waals surface area contributed by atoms with Crippen LogP contribution in [0.2, 0.25) is 0 Å². The highest BCUT2D eigenvalue weighted by atomic mass is 19.4. The Kier molecular flexibility index (Phi) is 5.82. The number of hydrogen-bond donors (Lipinski definition) is 1. The molecular weight excluding hydrogens is 323 g/mol. The number of carbonyl (C=O) groups excluding carboxylic acids is 2. The monoisotopic (exact) mass is 343 g/mol. The molecule has 0 saturated carbocycles. The first-order chi connectivity index (χ1) is 11.3. The van der Waals surface area contributed by atoms with Crippen LogP contribution in [-0.4, -0.2) is 54.3 Å². The van der Waals surface area contributed by atoms with Gasteiger partial charge in [0.1, 0.15) is 0 Å². The molecule has 2 N–H and O–H groups in total. The van der Waals surface area contributed by atoms with Crippen LogP contribution < -0.4 is 5.73 Å². The molecule has 1 fully saturated rings. The van der Waals surface area contributed by atoms with Gasteiger partial charge in [0.25, 0.3) is 0 Å². The van der Waals surface area contributed by atoms with E-state index in [2.05, 4.69) is 0 Å². The number of benzene rings is 1. The van der Waals surface area contributed by atoms with Gasteiger partial charge < -0.3 is 10.6 Å². The Labute approximate surface area is 138 Å². The van der Waals surface area contributed by atoms with E-state index in [0.717, 1.165) is 12.1 Å². The molecule has 1 aliphatic heterocycles. The highest BCUT2D eigenvalue weighted by Crippen LogP contribution is 2.29. The number of amides is 2. The molecule has 0 atom stereocenters. The summed E-state index contributed by atoms with van der Waals surface area (Å²) in [5.41, 5.74) is 4.92. The van der Waals surface area contributed by atoms with Gasteiger partial charge in [-0.1, -0.05) is 18.2 Å². The molecule has 1 saturated heterocycles. The number of nitrogens with zero attached hydrogens (tertiary/aromatic N) is 2. The number of hydrogen-bond acceptors (Lipinski definition) is 3. The first-order valence-corrected chi connectivity index (χ1v) is 7.70. The molecule has 24 heavy (non-hydrogen) atoms. The van der Waals surface area contributed by atoms with E-state index in [0.29, 0.717) is 31.7 Å². The van der Waals surface area contributed by atoms with Gasteiger partial charge in [-0.3, -0.25) is 14.5 Å². The average molecular weight is 343 g/mol. The van der Waals surface area contributed by atoms with Crippen LogP contribution in [0, 0.1) is 0 Å². The molecule has 0 unspecified atom stereocenters. The lowest BCUT2D eigenvalue weighted by Crippen LogP contribution is -2.50. The average Bonchev–Trinajstić information content (AvgIpc) is 2.52. The minimum absolute atomic E-state index is 0.0915. The minimum Gasteiger partial charge on any atom is -0.369 e. The molecule has 0 radical (unpaired) electrons. The Morgan fingerprint density at radius 2 is 1.79 bits per heavy atom. The Bertz CT molecular complexity index is 596. The maximum Gasteiger partial charge on any atom is 0.416 e. The molecular formula is C16H20F3N3O2. The van der Waals surface area contributed by atoms with Crippen molar-refractivity contribution in [1.82, 2.24) is 9.80 Å². The van der Waals surface area contributed by atoms with Crippen LogP contribution in [0.15, 0.2) is 24.3 Å². The molecule has 0 aromatic heterocycles. The van der Waals surface area contributed by atoms with Crippen LogP contribution in [0.5, 0.6) is 0 Å². The van der Waals surface area contributed by atoms with E-state index in [9.17, 15) is 22.8 Å². The fourth-order valence-corrected chi connectivity index (χ4v) is 2.69. The van der Waals surface area contributed by atoms with Crippen molar-refractivity contribution in [3.8, 4) is 0 Å². The second-order valence-electron chi connectivity index (χ2n) is 5.82. The van der Waals surface area contributed by atoms with Crippen molar-refractivity contribution in [3.05, 3.63) is 35.4 Å². The van der Waals surface area contributed by atoms with Crippen LogP contribution in [0.25, 0.3) is 0 Å². The summed E-state index contributed by atoms with van der Waals surface area (Å²) in [7, 11) is 0. The summed E-state index contributed by atoms with van der Waals surface area (Å²) in [6.07, 6.45) is -3.95. The lowest BCUT2D eigenvalue weighted by atomic mass is 10.1. The Morgan fingerprint density at radius 1 is 1.12 bits per heavy atom. The number of primary amides is 1. The highest BCUT2D eigenvalue weighted by molar-refractivity contribution is 5.77. The van der Waals surface area contributed by atoms with Gasteiger partial charge in [0.05, 0.1) is 12.1 Å². The van der Waals surface area contributed by atoms with Gasteiger partial charge in [-0.05, 0) is 18.1 Å². The summed E-state index contributed by atoms with van der Waals surface area (Å²) in [6.45, 7) is 2.30. The lowest BCUT2D eigenvalue weighted by Gasteiger charge is -2.34. The van der Waals surface area contributed by atoms with E-state index in [4.69, 9.17) is 5.73 Å². The minimum atomic E-state index is -4.38. The molecule has 8 heteroatoms. The third-order valence-corrected chi connectivity index (χ3v) is 3.99. The zero-order valence-electron chi connectivity index (χ0n) is 13.2. The molecule has 0 aliphatic carbocycles. The van der Waals surface area contributed by atoms with Crippen LogP contribution in [0.1, 0.15) is 17.5 Å². The molecule has 1 aliphatic rings. The van der Waals surface area contributed by atoms with E-state index >= 15 is 0 Å². The summed E-state index contributed by atoms with van der Waals surface area (Å²) < 4.78 is 38.0. The standard InChI is InChI=1S/C16H20F3N3O2/c17-16(18,19)13-3-1-2-12(10-13)4-5-15(24)22-8-6-21(7-9-22)11-14(20)23/h1-3,10H,4-9,11H2,(H2,20,23). The molecule has 1 aromatic rings. The molecule has 2 rings (SSSR count). The summed E-state index contributed by atoms with van der Waals surface area (Å²) >= 11 is 0. The second-order valence-corrected chi connectivity index (χ2v) is 5.82. The van der Waals surface area contributed by atoms with Gasteiger partial charge in [0.15, 0.2) is 0 Å². The maximum atomic E-state index is 12.7. The smallest absolute Gasteiger partial charge is 0.369 e. The Morgan fingerprint density at radius 3 is 2.38 bits per heavy atom.